The smallest absolute Gasteiger partial charge is 0.326 e. The molecule has 3 aromatic rings. The lowest BCUT2D eigenvalue weighted by Crippen LogP contribution is -2.44. The Morgan fingerprint density at radius 1 is 1.00 bits per heavy atom. The fourth-order valence-electron chi connectivity index (χ4n) is 4.25. The maximum Gasteiger partial charge on any atom is 0.326 e. The lowest BCUT2D eigenvalue weighted by atomic mass is 10.1. The predicted octanol–water partition coefficient (Wildman–Crippen LogP) is 5.06. The van der Waals surface area contributed by atoms with Crippen LogP contribution in [0.4, 0.5) is 21.9 Å². The number of urea groups is 1. The van der Waals surface area contributed by atoms with E-state index < -0.39 is 0 Å². The minimum Gasteiger partial charge on any atom is -0.464 e. The summed E-state index contributed by atoms with van der Waals surface area (Å²) >= 11 is 3.75. The highest BCUT2D eigenvalue weighted by Crippen LogP contribution is 2.38. The van der Waals surface area contributed by atoms with E-state index in [9.17, 15) is 4.79 Å². The van der Waals surface area contributed by atoms with Gasteiger partial charge in [0.2, 0.25) is 0 Å². The molecule has 1 aromatic heterocycles. The number of fused-ring (bicyclic) bond motifs is 1. The molecule has 31 heavy (non-hydrogen) atoms. The summed E-state index contributed by atoms with van der Waals surface area (Å²) in [7, 11) is 2.16. The lowest BCUT2D eigenvalue weighted by molar-refractivity contribution is 0.257. The molecule has 7 heteroatoms. The van der Waals surface area contributed by atoms with E-state index in [1.807, 2.05) is 41.3 Å². The molecular formula is C24H25BrN4O2. The highest BCUT2D eigenvalue weighted by molar-refractivity contribution is 9.10. The van der Waals surface area contributed by atoms with Crippen LogP contribution in [0.25, 0.3) is 11.3 Å². The fourth-order valence-corrected chi connectivity index (χ4v) is 4.89. The number of likely N-dealkylation sites (N-methyl/N-ethyl adjacent to an activating group) is 1. The highest BCUT2D eigenvalue weighted by atomic mass is 79.9. The standard InChI is InChI=1S/C24H25BrN4O2/c1-27-10-12-28(13-11-27)22-16-21-18(15-20(22)25)8-9-29(21)24(30)26-19-6-4-17(5-7-19)23-3-2-14-31-23/h2-7,14-16H,8-13H2,1H3,(H,26,30). The van der Waals surface area contributed by atoms with E-state index in [-0.39, 0.29) is 6.03 Å². The summed E-state index contributed by atoms with van der Waals surface area (Å²) < 4.78 is 6.53. The number of hydrogen-bond donors (Lipinski definition) is 1. The number of nitrogens with zero attached hydrogens (tertiary/aromatic N) is 3. The quantitative estimate of drug-likeness (QED) is 0.569. The van der Waals surface area contributed by atoms with Crippen LogP contribution in [0, 0.1) is 0 Å². The average molecular weight is 481 g/mol. The molecule has 0 saturated carbocycles. The van der Waals surface area contributed by atoms with E-state index >= 15 is 0 Å². The monoisotopic (exact) mass is 480 g/mol. The SMILES string of the molecule is CN1CCN(c2cc3c(cc2Br)CCN3C(=O)Nc2ccc(-c3ccco3)cc2)CC1. The van der Waals surface area contributed by atoms with Crippen molar-refractivity contribution < 1.29 is 9.21 Å². The molecule has 2 aliphatic heterocycles. The Morgan fingerprint density at radius 2 is 1.77 bits per heavy atom. The van der Waals surface area contributed by atoms with E-state index in [2.05, 4.69) is 50.2 Å². The van der Waals surface area contributed by atoms with Gasteiger partial charge in [0.25, 0.3) is 0 Å². The first-order valence-corrected chi connectivity index (χ1v) is 11.4. The van der Waals surface area contributed by atoms with Crippen molar-refractivity contribution in [1.82, 2.24) is 4.90 Å². The number of rotatable bonds is 3. The molecule has 0 bridgehead atoms. The van der Waals surface area contributed by atoms with Gasteiger partial charge in [-0.1, -0.05) is 0 Å². The molecule has 2 amide bonds. The first-order chi connectivity index (χ1) is 15.1. The van der Waals surface area contributed by atoms with Crippen LogP contribution < -0.4 is 15.1 Å². The van der Waals surface area contributed by atoms with Gasteiger partial charge in [0.05, 0.1) is 17.6 Å². The molecule has 0 unspecified atom stereocenters. The highest BCUT2D eigenvalue weighted by Gasteiger charge is 2.28. The molecule has 3 heterocycles. The second kappa shape index (κ2) is 8.40. The van der Waals surface area contributed by atoms with E-state index in [1.165, 1.54) is 5.56 Å². The number of nitrogens with one attached hydrogen (secondary N) is 1. The zero-order chi connectivity index (χ0) is 21.4. The maximum atomic E-state index is 13.1. The number of anilines is 3. The van der Waals surface area contributed by atoms with Gasteiger partial charge in [-0.15, -0.1) is 0 Å². The Morgan fingerprint density at radius 3 is 2.48 bits per heavy atom. The second-order valence-electron chi connectivity index (χ2n) is 8.11. The zero-order valence-electron chi connectivity index (χ0n) is 17.5. The van der Waals surface area contributed by atoms with E-state index in [0.717, 1.165) is 65.5 Å². The van der Waals surface area contributed by atoms with Crippen LogP contribution in [0.15, 0.2) is 63.7 Å². The van der Waals surface area contributed by atoms with Gasteiger partial charge in [-0.3, -0.25) is 4.90 Å². The van der Waals surface area contributed by atoms with Crippen LogP contribution >= 0.6 is 15.9 Å². The van der Waals surface area contributed by atoms with Gasteiger partial charge in [0.1, 0.15) is 5.76 Å². The summed E-state index contributed by atoms with van der Waals surface area (Å²) in [5, 5.41) is 3.04. The molecule has 2 aliphatic rings. The number of hydrogen-bond acceptors (Lipinski definition) is 4. The molecule has 1 saturated heterocycles. The van der Waals surface area contributed by atoms with Crippen LogP contribution in [0.1, 0.15) is 5.56 Å². The lowest BCUT2D eigenvalue weighted by Gasteiger charge is -2.35. The number of halogens is 1. The molecule has 0 atom stereocenters. The predicted molar refractivity (Wildman–Crippen MR) is 128 cm³/mol. The van der Waals surface area contributed by atoms with Gasteiger partial charge >= 0.3 is 6.03 Å². The van der Waals surface area contributed by atoms with Gasteiger partial charge in [-0.05, 0) is 83.5 Å². The molecule has 160 valence electrons. The summed E-state index contributed by atoms with van der Waals surface area (Å²) in [4.78, 5) is 19.7. The second-order valence-corrected chi connectivity index (χ2v) is 8.96. The van der Waals surface area contributed by atoms with E-state index in [1.54, 1.807) is 6.26 Å². The first-order valence-electron chi connectivity index (χ1n) is 10.6. The minimum atomic E-state index is -0.101. The Labute approximate surface area is 190 Å². The Balaban J connectivity index is 1.33. The zero-order valence-corrected chi connectivity index (χ0v) is 19.1. The Bertz CT molecular complexity index is 1070. The molecule has 1 N–H and O–H groups in total. The van der Waals surface area contributed by atoms with Crippen LogP contribution in [0.5, 0.6) is 0 Å². The Hall–Kier alpha value is -2.77. The molecule has 0 radical (unpaired) electrons. The maximum absolute atomic E-state index is 13.1. The number of piperazine rings is 1. The summed E-state index contributed by atoms with van der Waals surface area (Å²) in [6, 6.07) is 15.7. The van der Waals surface area contributed by atoms with Crippen LogP contribution in [0.2, 0.25) is 0 Å². The van der Waals surface area contributed by atoms with Crippen molar-refractivity contribution in [2.45, 2.75) is 6.42 Å². The van der Waals surface area contributed by atoms with Gasteiger partial charge < -0.3 is 19.5 Å². The summed E-state index contributed by atoms with van der Waals surface area (Å²) in [6.45, 7) is 4.75. The third-order valence-electron chi connectivity index (χ3n) is 6.07. The first kappa shape index (κ1) is 20.2. The van der Waals surface area contributed by atoms with Crippen molar-refractivity contribution >= 4 is 39.0 Å². The third-order valence-corrected chi connectivity index (χ3v) is 6.71. The largest absolute Gasteiger partial charge is 0.464 e. The topological polar surface area (TPSA) is 52.0 Å². The van der Waals surface area contributed by atoms with Crippen molar-refractivity contribution in [3.63, 3.8) is 0 Å². The molecule has 0 spiro atoms. The molecule has 2 aromatic carbocycles. The number of carbonyl (C=O) groups is 1. The van der Waals surface area contributed by atoms with Gasteiger partial charge in [-0.25, -0.2) is 4.79 Å². The summed E-state index contributed by atoms with van der Waals surface area (Å²) in [5.41, 5.74) is 5.12. The normalized spacial score (nSPS) is 16.5. The van der Waals surface area contributed by atoms with Crippen LogP contribution in [-0.4, -0.2) is 50.7 Å². The van der Waals surface area contributed by atoms with Crippen LogP contribution in [0.3, 0.4) is 0 Å². The molecule has 6 nitrogen and oxygen atoms in total. The van der Waals surface area contributed by atoms with Gasteiger partial charge in [-0.2, -0.15) is 0 Å². The molecular weight excluding hydrogens is 456 g/mol. The van der Waals surface area contributed by atoms with Crippen molar-refractivity contribution in [3.05, 3.63) is 64.8 Å². The van der Waals surface area contributed by atoms with Crippen molar-refractivity contribution in [3.8, 4) is 11.3 Å². The summed E-state index contributed by atoms with van der Waals surface area (Å²) in [5.74, 6) is 0.813. The number of benzene rings is 2. The molecule has 0 aliphatic carbocycles. The van der Waals surface area contributed by atoms with Crippen molar-refractivity contribution in [2.24, 2.45) is 0 Å². The number of furan rings is 1. The summed E-state index contributed by atoms with van der Waals surface area (Å²) in [6.07, 6.45) is 2.52. The van der Waals surface area contributed by atoms with Crippen molar-refractivity contribution in [1.29, 1.82) is 0 Å². The van der Waals surface area contributed by atoms with E-state index in [0.29, 0.717) is 6.54 Å². The number of amides is 2. The molecule has 1 fully saturated rings. The van der Waals surface area contributed by atoms with Crippen LogP contribution in [-0.2, 0) is 6.42 Å². The molecule has 5 rings (SSSR count). The fraction of sp³-hybridized carbons (Fsp3) is 0.292. The van der Waals surface area contributed by atoms with Gasteiger partial charge in [0.15, 0.2) is 0 Å². The van der Waals surface area contributed by atoms with Crippen molar-refractivity contribution in [2.75, 3.05) is 54.9 Å². The number of carbonyl (C=O) groups excluding carboxylic acids is 1. The third kappa shape index (κ3) is 4.07. The average Bonchev–Trinajstić information content (AvgIpc) is 3.44. The Kier molecular flexibility index (Phi) is 5.46. The van der Waals surface area contributed by atoms with Gasteiger partial charge in [0, 0.05) is 48.4 Å². The van der Waals surface area contributed by atoms with E-state index in [4.69, 9.17) is 4.42 Å². The minimum absolute atomic E-state index is 0.101.